The Labute approximate surface area is 140 Å². The number of halogens is 1. The second kappa shape index (κ2) is 8.29. The minimum absolute atomic E-state index is 0. The summed E-state index contributed by atoms with van der Waals surface area (Å²) in [6, 6.07) is 7.45. The molecule has 1 aliphatic rings. The zero-order chi connectivity index (χ0) is 15.5. The first-order valence-corrected chi connectivity index (χ1v) is 9.13. The fourth-order valence-corrected chi connectivity index (χ4v) is 4.22. The molecule has 4 nitrogen and oxygen atoms in total. The summed E-state index contributed by atoms with van der Waals surface area (Å²) in [5, 5.41) is 3.26. The molecule has 1 aromatic carbocycles. The first-order chi connectivity index (χ1) is 9.91. The lowest BCUT2D eigenvalue weighted by Gasteiger charge is -2.30. The largest absolute Gasteiger partial charge is 0.317 e. The molecule has 1 heterocycles. The van der Waals surface area contributed by atoms with Gasteiger partial charge in [0.05, 0.1) is 4.90 Å². The quantitative estimate of drug-likeness (QED) is 0.891. The Balaban J connectivity index is 0.00000242. The van der Waals surface area contributed by atoms with Gasteiger partial charge in [-0.05, 0) is 56.0 Å². The van der Waals surface area contributed by atoms with E-state index in [1.165, 1.54) is 5.56 Å². The number of nitrogens with one attached hydrogen (secondary N) is 1. The van der Waals surface area contributed by atoms with E-state index < -0.39 is 10.0 Å². The van der Waals surface area contributed by atoms with Gasteiger partial charge in [-0.1, -0.05) is 26.0 Å². The highest BCUT2D eigenvalue weighted by molar-refractivity contribution is 7.89. The summed E-state index contributed by atoms with van der Waals surface area (Å²) in [5.74, 6) is 0.574. The zero-order valence-electron chi connectivity index (χ0n) is 13.6. The minimum Gasteiger partial charge on any atom is -0.317 e. The lowest BCUT2D eigenvalue weighted by atomic mass is 10.0. The van der Waals surface area contributed by atoms with Crippen LogP contribution < -0.4 is 5.32 Å². The van der Waals surface area contributed by atoms with E-state index in [0.717, 1.165) is 32.4 Å². The van der Waals surface area contributed by atoms with Crippen molar-refractivity contribution in [3.05, 3.63) is 29.8 Å². The van der Waals surface area contributed by atoms with E-state index in [1.54, 1.807) is 23.5 Å². The molecule has 0 aliphatic carbocycles. The van der Waals surface area contributed by atoms with Crippen LogP contribution in [0, 0.1) is 5.92 Å². The molecular formula is C16H27ClN2O2S. The number of piperidine rings is 1. The Morgan fingerprint density at radius 3 is 2.23 bits per heavy atom. The highest BCUT2D eigenvalue weighted by Gasteiger charge is 2.28. The van der Waals surface area contributed by atoms with Gasteiger partial charge in [0.2, 0.25) is 10.0 Å². The summed E-state index contributed by atoms with van der Waals surface area (Å²) in [5.41, 5.74) is 1.19. The van der Waals surface area contributed by atoms with Gasteiger partial charge in [-0.2, -0.15) is 4.31 Å². The van der Waals surface area contributed by atoms with Crippen molar-refractivity contribution in [1.29, 1.82) is 0 Å². The number of sulfonamides is 1. The average Bonchev–Trinajstić information content (AvgIpc) is 2.47. The molecule has 0 aromatic heterocycles. The Morgan fingerprint density at radius 1 is 1.18 bits per heavy atom. The molecule has 0 bridgehead atoms. The van der Waals surface area contributed by atoms with E-state index in [4.69, 9.17) is 0 Å². The molecule has 22 heavy (non-hydrogen) atoms. The highest BCUT2D eigenvalue weighted by atomic mass is 35.5. The van der Waals surface area contributed by atoms with Crippen LogP contribution in [0.25, 0.3) is 0 Å². The first kappa shape index (κ1) is 19.4. The van der Waals surface area contributed by atoms with Crippen LogP contribution in [-0.4, -0.2) is 38.9 Å². The van der Waals surface area contributed by atoms with Gasteiger partial charge >= 0.3 is 0 Å². The summed E-state index contributed by atoms with van der Waals surface area (Å²) in [6.45, 7) is 6.10. The van der Waals surface area contributed by atoms with Gasteiger partial charge in [0, 0.05) is 13.1 Å². The van der Waals surface area contributed by atoms with Crippen LogP contribution >= 0.6 is 12.4 Å². The van der Waals surface area contributed by atoms with E-state index in [9.17, 15) is 8.42 Å². The molecule has 0 saturated carbocycles. The van der Waals surface area contributed by atoms with Gasteiger partial charge in [0.25, 0.3) is 0 Å². The molecule has 0 amide bonds. The van der Waals surface area contributed by atoms with Gasteiger partial charge in [-0.25, -0.2) is 8.42 Å². The summed E-state index contributed by atoms with van der Waals surface area (Å²) in [6.07, 6.45) is 2.73. The second-order valence-electron chi connectivity index (χ2n) is 6.24. The van der Waals surface area contributed by atoms with Crippen molar-refractivity contribution in [1.82, 2.24) is 9.62 Å². The lowest BCUT2D eigenvalue weighted by molar-refractivity contribution is 0.296. The SMILES string of the molecule is CC(C)Cc1ccc(S(=O)(=O)N(C)C2CCNCC2)cc1.Cl. The molecule has 1 fully saturated rings. The van der Waals surface area contributed by atoms with Gasteiger partial charge < -0.3 is 5.32 Å². The van der Waals surface area contributed by atoms with Crippen molar-refractivity contribution < 1.29 is 8.42 Å². The predicted octanol–water partition coefficient (Wildman–Crippen LogP) is 2.68. The molecule has 1 saturated heterocycles. The van der Waals surface area contributed by atoms with E-state index >= 15 is 0 Å². The second-order valence-corrected chi connectivity index (χ2v) is 8.24. The first-order valence-electron chi connectivity index (χ1n) is 7.69. The van der Waals surface area contributed by atoms with Crippen LogP contribution in [0.15, 0.2) is 29.2 Å². The topological polar surface area (TPSA) is 49.4 Å². The molecule has 126 valence electrons. The van der Waals surface area contributed by atoms with Crippen LogP contribution in [0.4, 0.5) is 0 Å². The van der Waals surface area contributed by atoms with Gasteiger partial charge in [0.15, 0.2) is 0 Å². The number of benzene rings is 1. The summed E-state index contributed by atoms with van der Waals surface area (Å²) in [4.78, 5) is 0.399. The average molecular weight is 347 g/mol. The van der Waals surface area contributed by atoms with E-state index in [0.29, 0.717) is 10.8 Å². The Hall–Kier alpha value is -0.620. The maximum Gasteiger partial charge on any atom is 0.243 e. The zero-order valence-corrected chi connectivity index (χ0v) is 15.2. The molecule has 0 unspecified atom stereocenters. The number of rotatable bonds is 5. The molecule has 6 heteroatoms. The number of hydrogen-bond acceptors (Lipinski definition) is 3. The van der Waals surface area contributed by atoms with Gasteiger partial charge in [-0.15, -0.1) is 12.4 Å². The molecule has 1 aromatic rings. The third-order valence-corrected chi connectivity index (χ3v) is 5.99. The molecule has 2 rings (SSSR count). The van der Waals surface area contributed by atoms with Crippen molar-refractivity contribution in [2.75, 3.05) is 20.1 Å². The van der Waals surface area contributed by atoms with Crippen LogP contribution in [-0.2, 0) is 16.4 Å². The minimum atomic E-state index is -3.38. The Morgan fingerprint density at radius 2 is 1.73 bits per heavy atom. The summed E-state index contributed by atoms with van der Waals surface area (Å²) >= 11 is 0. The summed E-state index contributed by atoms with van der Waals surface area (Å²) in [7, 11) is -1.68. The summed E-state index contributed by atoms with van der Waals surface area (Å²) < 4.78 is 26.9. The van der Waals surface area contributed by atoms with E-state index in [2.05, 4.69) is 19.2 Å². The van der Waals surface area contributed by atoms with Crippen molar-refractivity contribution >= 4 is 22.4 Å². The molecule has 1 N–H and O–H groups in total. The van der Waals surface area contributed by atoms with Gasteiger partial charge in [-0.3, -0.25) is 0 Å². The normalized spacial score (nSPS) is 16.8. The van der Waals surface area contributed by atoms with Gasteiger partial charge in [0.1, 0.15) is 0 Å². The third kappa shape index (κ3) is 4.69. The van der Waals surface area contributed by atoms with Crippen LogP contribution in [0.3, 0.4) is 0 Å². The fourth-order valence-electron chi connectivity index (χ4n) is 2.80. The van der Waals surface area contributed by atoms with Crippen molar-refractivity contribution in [3.63, 3.8) is 0 Å². The van der Waals surface area contributed by atoms with E-state index in [1.807, 2.05) is 12.1 Å². The molecule has 0 spiro atoms. The van der Waals surface area contributed by atoms with Crippen molar-refractivity contribution in [3.8, 4) is 0 Å². The van der Waals surface area contributed by atoms with E-state index in [-0.39, 0.29) is 18.4 Å². The standard InChI is InChI=1S/C16H26N2O2S.ClH/c1-13(2)12-14-4-6-16(7-5-14)21(19,20)18(3)15-8-10-17-11-9-15;/h4-7,13,15,17H,8-12H2,1-3H3;1H. The number of nitrogens with zero attached hydrogens (tertiary/aromatic N) is 1. The molecular weight excluding hydrogens is 320 g/mol. The molecule has 0 radical (unpaired) electrons. The van der Waals surface area contributed by atoms with Crippen molar-refractivity contribution in [2.24, 2.45) is 5.92 Å². The fraction of sp³-hybridized carbons (Fsp3) is 0.625. The van der Waals surface area contributed by atoms with Crippen LogP contribution in [0.1, 0.15) is 32.3 Å². The van der Waals surface area contributed by atoms with Crippen LogP contribution in [0.5, 0.6) is 0 Å². The molecule has 1 aliphatic heterocycles. The Kier molecular flexibility index (Phi) is 7.32. The van der Waals surface area contributed by atoms with Crippen molar-refractivity contribution in [2.45, 2.75) is 44.0 Å². The highest BCUT2D eigenvalue weighted by Crippen LogP contribution is 2.21. The number of hydrogen-bond donors (Lipinski definition) is 1. The maximum absolute atomic E-state index is 12.7. The monoisotopic (exact) mass is 346 g/mol. The predicted molar refractivity (Wildman–Crippen MR) is 93.1 cm³/mol. The lowest BCUT2D eigenvalue weighted by Crippen LogP contribution is -2.43. The van der Waals surface area contributed by atoms with Crippen LogP contribution in [0.2, 0.25) is 0 Å². The smallest absolute Gasteiger partial charge is 0.243 e. The third-order valence-electron chi connectivity index (χ3n) is 4.07. The maximum atomic E-state index is 12.7. The Bertz CT molecular complexity index is 552. The molecule has 0 atom stereocenters.